The van der Waals surface area contributed by atoms with Gasteiger partial charge in [0.2, 0.25) is 5.82 Å². The van der Waals surface area contributed by atoms with E-state index < -0.39 is 22.7 Å². The smallest absolute Gasteiger partial charge is 0.270 e. The van der Waals surface area contributed by atoms with Gasteiger partial charge in [-0.1, -0.05) is 30.3 Å². The maximum absolute atomic E-state index is 13.1. The van der Waals surface area contributed by atoms with Crippen LogP contribution in [0.3, 0.4) is 0 Å². The van der Waals surface area contributed by atoms with Gasteiger partial charge in [0.05, 0.1) is 6.04 Å². The molecule has 1 aliphatic carbocycles. The van der Waals surface area contributed by atoms with E-state index in [1.54, 1.807) is 0 Å². The number of amides is 2. The zero-order chi connectivity index (χ0) is 30.4. The quantitative estimate of drug-likeness (QED) is 0.195. The fourth-order valence-corrected chi connectivity index (χ4v) is 5.92. The summed E-state index contributed by atoms with van der Waals surface area (Å²) in [6.45, 7) is 1.27. The van der Waals surface area contributed by atoms with E-state index in [0.29, 0.717) is 25.3 Å². The third-order valence-electron chi connectivity index (χ3n) is 8.24. The van der Waals surface area contributed by atoms with Gasteiger partial charge in [-0.25, -0.2) is 9.97 Å². The van der Waals surface area contributed by atoms with E-state index in [1.165, 1.54) is 12.4 Å². The van der Waals surface area contributed by atoms with Gasteiger partial charge >= 0.3 is 0 Å². The number of aromatic amines is 1. The summed E-state index contributed by atoms with van der Waals surface area (Å²) in [7, 11) is 0. The first kappa shape index (κ1) is 27.1. The number of hydrogen-bond acceptors (Lipinski definition) is 11. The Bertz CT molecular complexity index is 2000. The van der Waals surface area contributed by atoms with Crippen molar-refractivity contribution in [2.24, 2.45) is 0 Å². The molecule has 2 amide bonds. The fourth-order valence-electron chi connectivity index (χ4n) is 5.92. The molecule has 14 nitrogen and oxygen atoms in total. The van der Waals surface area contributed by atoms with E-state index in [9.17, 15) is 19.2 Å². The Morgan fingerprint density at radius 3 is 2.59 bits per heavy atom. The minimum absolute atomic E-state index is 0.0170. The highest BCUT2D eigenvalue weighted by molar-refractivity contribution is 5.97. The predicted octanol–water partition coefficient (Wildman–Crippen LogP) is 0.745. The number of H-pyrrole nitrogens is 1. The molecule has 3 aromatic carbocycles. The molecule has 5 aromatic rings. The number of aryl methyl sites for hydroxylation is 1. The first-order valence-electron chi connectivity index (χ1n) is 14.1. The van der Waals surface area contributed by atoms with Crippen LogP contribution in [0.4, 0.5) is 11.4 Å². The highest BCUT2D eigenvalue weighted by Crippen LogP contribution is 2.33. The maximum atomic E-state index is 13.1. The number of aromatic nitrogens is 6. The van der Waals surface area contributed by atoms with E-state index in [4.69, 9.17) is 5.73 Å². The summed E-state index contributed by atoms with van der Waals surface area (Å²) in [4.78, 5) is 59.6. The topological polar surface area (TPSA) is 202 Å². The van der Waals surface area contributed by atoms with Crippen molar-refractivity contribution in [3.05, 3.63) is 108 Å². The van der Waals surface area contributed by atoms with Crippen molar-refractivity contribution in [3.63, 3.8) is 0 Å². The van der Waals surface area contributed by atoms with Crippen molar-refractivity contribution in [3.8, 4) is 11.4 Å². The highest BCUT2D eigenvalue weighted by atomic mass is 16.2. The number of anilines is 2. The lowest BCUT2D eigenvalue weighted by Gasteiger charge is -2.32. The second-order valence-electron chi connectivity index (χ2n) is 10.9. The molecule has 44 heavy (non-hydrogen) atoms. The molecule has 5 N–H and O–H groups in total. The second kappa shape index (κ2) is 10.8. The van der Waals surface area contributed by atoms with Gasteiger partial charge in [-0.15, -0.1) is 10.2 Å². The number of fused-ring (bicyclic) bond motifs is 2. The van der Waals surface area contributed by atoms with Gasteiger partial charge in [0, 0.05) is 31.3 Å². The Kier molecular flexibility index (Phi) is 6.64. The van der Waals surface area contributed by atoms with Gasteiger partial charge in [-0.2, -0.15) is 5.21 Å². The number of carbonyl (C=O) groups is 2. The molecule has 0 radical (unpaired) electrons. The molecule has 1 aliphatic heterocycles. The second-order valence-corrected chi connectivity index (χ2v) is 10.9. The third-order valence-corrected chi connectivity index (χ3v) is 8.24. The van der Waals surface area contributed by atoms with Crippen LogP contribution in [0.2, 0.25) is 0 Å². The van der Waals surface area contributed by atoms with Gasteiger partial charge in [0.25, 0.3) is 22.7 Å². The van der Waals surface area contributed by atoms with Crippen molar-refractivity contribution < 1.29 is 9.59 Å². The zero-order valence-corrected chi connectivity index (χ0v) is 23.3. The first-order valence-corrected chi connectivity index (χ1v) is 14.1. The van der Waals surface area contributed by atoms with Gasteiger partial charge in [-0.05, 0) is 58.4 Å². The van der Waals surface area contributed by atoms with Crippen molar-refractivity contribution in [2.45, 2.75) is 38.4 Å². The van der Waals surface area contributed by atoms with Crippen LogP contribution in [-0.2, 0) is 25.9 Å². The Balaban J connectivity index is 0.984. The SMILES string of the molecule is Nc1c(N2CCc3ccc(CNC(=O)c4cc(C(=O)N[C@H]5CCc6cc(-c7nn[nH]n7)ccc65)ncn4)cc3C2)c(=O)c1=O. The normalized spacial score (nSPS) is 15.5. The van der Waals surface area contributed by atoms with E-state index in [0.717, 1.165) is 46.2 Å². The number of nitrogen functional groups attached to an aromatic ring is 1. The van der Waals surface area contributed by atoms with Crippen molar-refractivity contribution >= 4 is 23.2 Å². The number of benzene rings is 2. The monoisotopic (exact) mass is 590 g/mol. The largest absolute Gasteiger partial charge is 0.394 e. The van der Waals surface area contributed by atoms with Crippen LogP contribution >= 0.6 is 0 Å². The summed E-state index contributed by atoms with van der Waals surface area (Å²) in [5.41, 5.74) is 11.0. The van der Waals surface area contributed by atoms with Crippen LogP contribution in [0.25, 0.3) is 11.4 Å². The van der Waals surface area contributed by atoms with Crippen LogP contribution in [0, 0.1) is 0 Å². The standard InChI is InChI=1S/C30H26N10O4/c31-24-25(27(42)26(24)41)40-8-7-16-2-1-15(9-19(16)13-40)12-32-29(43)22-11-23(34-14-33-22)30(44)35-21-6-4-17-10-18(3-5-20(17)21)28-36-38-39-37-28/h1-3,5,9-11,14,21H,4,6-8,12-13,31H2,(H,32,43)(H,35,44)(H,36,37,38,39)/t21-/m0/s1. The van der Waals surface area contributed by atoms with Crippen molar-refractivity contribution in [1.82, 2.24) is 41.2 Å². The Hall–Kier alpha value is -5.79. The number of tetrazole rings is 1. The molecule has 0 saturated carbocycles. The molecule has 7 rings (SSSR count). The molecule has 220 valence electrons. The summed E-state index contributed by atoms with van der Waals surface area (Å²) in [6, 6.07) is 12.9. The van der Waals surface area contributed by atoms with Crippen molar-refractivity contribution in [1.29, 1.82) is 0 Å². The number of nitrogens with one attached hydrogen (secondary N) is 3. The van der Waals surface area contributed by atoms with E-state index in [1.807, 2.05) is 41.3 Å². The Labute approximate surface area is 249 Å². The number of nitrogens with two attached hydrogens (primary N) is 1. The number of nitrogens with zero attached hydrogens (tertiary/aromatic N) is 6. The first-order chi connectivity index (χ1) is 21.4. The van der Waals surface area contributed by atoms with Crippen molar-refractivity contribution in [2.75, 3.05) is 17.2 Å². The summed E-state index contributed by atoms with van der Waals surface area (Å²) in [5, 5.41) is 20.0. The lowest BCUT2D eigenvalue weighted by molar-refractivity contribution is 0.0931. The minimum atomic E-state index is -0.632. The van der Waals surface area contributed by atoms with Gasteiger partial charge < -0.3 is 21.3 Å². The lowest BCUT2D eigenvalue weighted by atomic mass is 9.96. The van der Waals surface area contributed by atoms with Gasteiger partial charge in [-0.3, -0.25) is 19.2 Å². The van der Waals surface area contributed by atoms with Gasteiger partial charge in [0.15, 0.2) is 0 Å². The average Bonchev–Trinajstić information content (AvgIpc) is 3.74. The molecule has 1 atom stereocenters. The molecule has 3 heterocycles. The highest BCUT2D eigenvalue weighted by Gasteiger charge is 2.28. The summed E-state index contributed by atoms with van der Waals surface area (Å²) >= 11 is 0. The molecular formula is C30H26N10O4. The van der Waals surface area contributed by atoms with Gasteiger partial charge in [0.1, 0.15) is 29.1 Å². The number of rotatable bonds is 7. The number of hydrogen-bond donors (Lipinski definition) is 4. The molecule has 14 heteroatoms. The van der Waals surface area contributed by atoms with Crippen LogP contribution < -0.4 is 32.1 Å². The summed E-state index contributed by atoms with van der Waals surface area (Å²) in [6.07, 6.45) is 3.42. The summed E-state index contributed by atoms with van der Waals surface area (Å²) < 4.78 is 0. The molecule has 0 bridgehead atoms. The van der Waals surface area contributed by atoms with Crippen LogP contribution in [-0.4, -0.2) is 49.0 Å². The van der Waals surface area contributed by atoms with Crippen LogP contribution in [0.5, 0.6) is 0 Å². The Morgan fingerprint density at radius 1 is 0.955 bits per heavy atom. The number of carbonyl (C=O) groups excluding carboxylic acids is 2. The molecule has 2 aromatic heterocycles. The Morgan fingerprint density at radius 2 is 1.80 bits per heavy atom. The molecular weight excluding hydrogens is 564 g/mol. The molecule has 0 unspecified atom stereocenters. The van der Waals surface area contributed by atoms with E-state index in [-0.39, 0.29) is 35.3 Å². The maximum Gasteiger partial charge on any atom is 0.270 e. The van der Waals surface area contributed by atoms with Crippen LogP contribution in [0.15, 0.2) is 58.4 Å². The van der Waals surface area contributed by atoms with E-state index in [2.05, 4.69) is 41.2 Å². The zero-order valence-electron chi connectivity index (χ0n) is 23.3. The molecule has 0 spiro atoms. The molecule has 2 aliphatic rings. The average molecular weight is 591 g/mol. The minimum Gasteiger partial charge on any atom is -0.394 e. The summed E-state index contributed by atoms with van der Waals surface area (Å²) in [5.74, 6) is -0.338. The lowest BCUT2D eigenvalue weighted by Crippen LogP contribution is -2.44. The molecule has 0 fully saturated rings. The fraction of sp³-hybridized carbons (Fsp3) is 0.233. The van der Waals surface area contributed by atoms with Crippen LogP contribution in [0.1, 0.15) is 61.3 Å². The predicted molar refractivity (Wildman–Crippen MR) is 158 cm³/mol. The molecule has 0 saturated heterocycles. The third kappa shape index (κ3) is 4.85. The van der Waals surface area contributed by atoms with E-state index >= 15 is 0 Å².